The molecule has 2 aromatic carbocycles. The third-order valence-corrected chi connectivity index (χ3v) is 3.98. The molecule has 0 spiro atoms. The van der Waals surface area contributed by atoms with Gasteiger partial charge in [0.15, 0.2) is 0 Å². The molecule has 0 saturated heterocycles. The SMILES string of the molecule is CCOc1ccc(C(NC(C)=O)c2cc(Br)ccc2Cl)cc1. The van der Waals surface area contributed by atoms with Crippen molar-refractivity contribution in [2.75, 3.05) is 6.61 Å². The molecule has 0 aliphatic rings. The van der Waals surface area contributed by atoms with Gasteiger partial charge in [-0.1, -0.05) is 39.7 Å². The Morgan fingerprint density at radius 3 is 2.55 bits per heavy atom. The van der Waals surface area contributed by atoms with Crippen molar-refractivity contribution in [3.63, 3.8) is 0 Å². The molecule has 0 aromatic heterocycles. The molecule has 0 radical (unpaired) electrons. The minimum absolute atomic E-state index is 0.116. The zero-order valence-corrected chi connectivity index (χ0v) is 14.7. The van der Waals surface area contributed by atoms with Crippen molar-refractivity contribution in [3.8, 4) is 5.75 Å². The van der Waals surface area contributed by atoms with Crippen LogP contribution in [-0.2, 0) is 4.79 Å². The molecular formula is C17H17BrClNO2. The Balaban J connectivity index is 2.41. The summed E-state index contributed by atoms with van der Waals surface area (Å²) in [6.07, 6.45) is 0. The van der Waals surface area contributed by atoms with Gasteiger partial charge in [0.25, 0.3) is 0 Å². The topological polar surface area (TPSA) is 38.3 Å². The highest BCUT2D eigenvalue weighted by atomic mass is 79.9. The van der Waals surface area contributed by atoms with E-state index in [9.17, 15) is 4.79 Å². The molecule has 1 atom stereocenters. The molecule has 0 fully saturated rings. The van der Waals surface area contributed by atoms with E-state index in [1.54, 1.807) is 0 Å². The van der Waals surface area contributed by atoms with Crippen molar-refractivity contribution in [3.05, 3.63) is 63.1 Å². The van der Waals surface area contributed by atoms with Gasteiger partial charge in [0.05, 0.1) is 12.6 Å². The van der Waals surface area contributed by atoms with Crippen LogP contribution in [0.1, 0.15) is 31.0 Å². The van der Waals surface area contributed by atoms with Gasteiger partial charge in [-0.05, 0) is 48.4 Å². The molecule has 1 N–H and O–H groups in total. The van der Waals surface area contributed by atoms with Crippen LogP contribution in [0.25, 0.3) is 0 Å². The molecule has 0 aliphatic heterocycles. The quantitative estimate of drug-likeness (QED) is 0.812. The minimum Gasteiger partial charge on any atom is -0.494 e. The first-order valence-electron chi connectivity index (χ1n) is 6.96. The second-order valence-electron chi connectivity index (χ2n) is 4.80. The van der Waals surface area contributed by atoms with E-state index in [4.69, 9.17) is 16.3 Å². The first kappa shape index (κ1) is 16.8. The minimum atomic E-state index is -0.307. The van der Waals surface area contributed by atoms with E-state index in [0.717, 1.165) is 21.3 Å². The molecule has 0 aliphatic carbocycles. The molecular weight excluding hydrogens is 366 g/mol. The highest BCUT2D eigenvalue weighted by Gasteiger charge is 2.18. The smallest absolute Gasteiger partial charge is 0.217 e. The van der Waals surface area contributed by atoms with Crippen LogP contribution in [-0.4, -0.2) is 12.5 Å². The molecule has 3 nitrogen and oxygen atoms in total. The van der Waals surface area contributed by atoms with Crippen LogP contribution in [0, 0.1) is 0 Å². The Kier molecular flexibility index (Phi) is 5.86. The first-order valence-corrected chi connectivity index (χ1v) is 8.13. The van der Waals surface area contributed by atoms with Crippen molar-refractivity contribution in [1.82, 2.24) is 5.32 Å². The van der Waals surface area contributed by atoms with Crippen LogP contribution < -0.4 is 10.1 Å². The third kappa shape index (κ3) is 4.24. The van der Waals surface area contributed by atoms with Gasteiger partial charge in [-0.15, -0.1) is 0 Å². The summed E-state index contributed by atoms with van der Waals surface area (Å²) in [5, 5.41) is 3.55. The van der Waals surface area contributed by atoms with Crippen LogP contribution in [0.5, 0.6) is 5.75 Å². The highest BCUT2D eigenvalue weighted by molar-refractivity contribution is 9.10. The number of carbonyl (C=O) groups excluding carboxylic acids is 1. The number of halogens is 2. The molecule has 0 heterocycles. The maximum Gasteiger partial charge on any atom is 0.217 e. The van der Waals surface area contributed by atoms with Gasteiger partial charge in [-0.25, -0.2) is 0 Å². The Bertz CT molecular complexity index is 658. The van der Waals surface area contributed by atoms with Crippen LogP contribution in [0.4, 0.5) is 0 Å². The van der Waals surface area contributed by atoms with Gasteiger partial charge in [0.2, 0.25) is 5.91 Å². The monoisotopic (exact) mass is 381 g/mol. The third-order valence-electron chi connectivity index (χ3n) is 3.14. The Hall–Kier alpha value is -1.52. The summed E-state index contributed by atoms with van der Waals surface area (Å²) in [5.41, 5.74) is 1.79. The first-order chi connectivity index (χ1) is 10.5. The van der Waals surface area contributed by atoms with Crippen LogP contribution in [0.2, 0.25) is 5.02 Å². The molecule has 116 valence electrons. The van der Waals surface area contributed by atoms with Crippen molar-refractivity contribution >= 4 is 33.4 Å². The Morgan fingerprint density at radius 2 is 1.95 bits per heavy atom. The molecule has 22 heavy (non-hydrogen) atoms. The van der Waals surface area contributed by atoms with Crippen LogP contribution >= 0.6 is 27.5 Å². The number of carbonyl (C=O) groups is 1. The molecule has 2 aromatic rings. The van der Waals surface area contributed by atoms with E-state index in [2.05, 4.69) is 21.2 Å². The van der Waals surface area contributed by atoms with Crippen LogP contribution in [0.15, 0.2) is 46.9 Å². The van der Waals surface area contributed by atoms with Crippen molar-refractivity contribution in [1.29, 1.82) is 0 Å². The van der Waals surface area contributed by atoms with Gasteiger partial charge in [-0.2, -0.15) is 0 Å². The fraction of sp³-hybridized carbons (Fsp3) is 0.235. The fourth-order valence-corrected chi connectivity index (χ4v) is 2.81. The van der Waals surface area contributed by atoms with Crippen molar-refractivity contribution in [2.24, 2.45) is 0 Å². The predicted molar refractivity (Wildman–Crippen MR) is 92.4 cm³/mol. The van der Waals surface area contributed by atoms with E-state index < -0.39 is 0 Å². The summed E-state index contributed by atoms with van der Waals surface area (Å²) in [7, 11) is 0. The molecule has 1 amide bonds. The lowest BCUT2D eigenvalue weighted by Crippen LogP contribution is -2.27. The van der Waals surface area contributed by atoms with Gasteiger partial charge >= 0.3 is 0 Å². The summed E-state index contributed by atoms with van der Waals surface area (Å²) in [6.45, 7) is 4.05. The second-order valence-corrected chi connectivity index (χ2v) is 6.12. The van der Waals surface area contributed by atoms with E-state index in [1.807, 2.05) is 49.4 Å². The summed E-state index contributed by atoms with van der Waals surface area (Å²) >= 11 is 9.75. The normalized spacial score (nSPS) is 11.8. The number of benzene rings is 2. The van der Waals surface area contributed by atoms with E-state index >= 15 is 0 Å². The summed E-state index contributed by atoms with van der Waals surface area (Å²) < 4.78 is 6.36. The summed E-state index contributed by atoms with van der Waals surface area (Å²) in [4.78, 5) is 11.6. The number of hydrogen-bond acceptors (Lipinski definition) is 2. The second kappa shape index (κ2) is 7.65. The maximum atomic E-state index is 11.6. The molecule has 0 bridgehead atoms. The molecule has 1 unspecified atom stereocenters. The number of ether oxygens (including phenoxy) is 1. The number of rotatable bonds is 5. The zero-order valence-electron chi connectivity index (χ0n) is 12.4. The standard InChI is InChI=1S/C17H17BrClNO2/c1-3-22-14-7-4-12(5-8-14)17(20-11(2)21)15-10-13(18)6-9-16(15)19/h4-10,17H,3H2,1-2H3,(H,20,21). The van der Waals surface area contributed by atoms with Crippen LogP contribution in [0.3, 0.4) is 0 Å². The van der Waals surface area contributed by atoms with Crippen molar-refractivity contribution < 1.29 is 9.53 Å². The molecule has 0 saturated carbocycles. The molecule has 2 rings (SSSR count). The average molecular weight is 383 g/mol. The van der Waals surface area contributed by atoms with Gasteiger partial charge in [0.1, 0.15) is 5.75 Å². The number of nitrogens with one attached hydrogen (secondary N) is 1. The average Bonchev–Trinajstić information content (AvgIpc) is 2.49. The maximum absolute atomic E-state index is 11.6. The summed E-state index contributed by atoms with van der Waals surface area (Å²) in [6, 6.07) is 12.9. The lowest BCUT2D eigenvalue weighted by atomic mass is 9.98. The largest absolute Gasteiger partial charge is 0.494 e. The van der Waals surface area contributed by atoms with Gasteiger partial charge in [-0.3, -0.25) is 4.79 Å². The summed E-state index contributed by atoms with van der Waals surface area (Å²) in [5.74, 6) is 0.683. The number of amides is 1. The lowest BCUT2D eigenvalue weighted by molar-refractivity contribution is -0.119. The van der Waals surface area contributed by atoms with Gasteiger partial charge < -0.3 is 10.1 Å². The van der Waals surface area contributed by atoms with E-state index in [1.165, 1.54) is 6.92 Å². The lowest BCUT2D eigenvalue weighted by Gasteiger charge is -2.21. The Labute approximate surface area is 143 Å². The van der Waals surface area contributed by atoms with E-state index in [0.29, 0.717) is 11.6 Å². The number of hydrogen-bond donors (Lipinski definition) is 1. The molecule has 5 heteroatoms. The zero-order chi connectivity index (χ0) is 16.1. The predicted octanol–water partition coefficient (Wildman–Crippen LogP) is 4.73. The van der Waals surface area contributed by atoms with Gasteiger partial charge in [0, 0.05) is 16.4 Å². The Morgan fingerprint density at radius 1 is 1.27 bits per heavy atom. The fourth-order valence-electron chi connectivity index (χ4n) is 2.20. The van der Waals surface area contributed by atoms with Crippen molar-refractivity contribution in [2.45, 2.75) is 19.9 Å². The van der Waals surface area contributed by atoms with E-state index in [-0.39, 0.29) is 11.9 Å². The highest BCUT2D eigenvalue weighted by Crippen LogP contribution is 2.31.